The molecule has 0 aliphatic rings. The molecule has 8 heteroatoms. The van der Waals surface area contributed by atoms with Gasteiger partial charge < -0.3 is 9.50 Å². The maximum atomic E-state index is 12.5. The normalized spacial score (nSPS) is 11.5. The van der Waals surface area contributed by atoms with Crippen LogP contribution in [0, 0.1) is 18.3 Å². The number of hydrogen-bond acceptors (Lipinski definition) is 5. The first-order valence-electron chi connectivity index (χ1n) is 9.07. The number of para-hydroxylation sites is 1. The van der Waals surface area contributed by atoms with Gasteiger partial charge in [-0.15, -0.1) is 0 Å². The summed E-state index contributed by atoms with van der Waals surface area (Å²) in [5.41, 5.74) is 1.75. The third-order valence-electron chi connectivity index (χ3n) is 4.24. The molecule has 156 valence electrons. The van der Waals surface area contributed by atoms with Crippen LogP contribution >= 0.6 is 11.6 Å². The second kappa shape index (κ2) is 9.47. The van der Waals surface area contributed by atoms with Crippen molar-refractivity contribution in [3.05, 3.63) is 94.5 Å². The van der Waals surface area contributed by atoms with Crippen molar-refractivity contribution in [3.8, 4) is 11.8 Å². The van der Waals surface area contributed by atoms with Crippen LogP contribution in [-0.2, 0) is 14.9 Å². The summed E-state index contributed by atoms with van der Waals surface area (Å²) in [4.78, 5) is 12.4. The molecular formula is C23H17ClN2O4S. The molecule has 3 aromatic rings. The Morgan fingerprint density at radius 1 is 1.06 bits per heavy atom. The van der Waals surface area contributed by atoms with E-state index in [4.69, 9.17) is 15.8 Å². The van der Waals surface area contributed by atoms with E-state index in [9.17, 15) is 18.5 Å². The SMILES string of the molecule is Cc1ccccc1NC(=O)/C(C#N)=C\c1cccc(OS(=O)(=O)c2ccc(Cl)cc2)c1. The second-order valence-corrected chi connectivity index (χ2v) is 8.49. The molecule has 0 saturated carbocycles. The molecule has 0 fully saturated rings. The predicted octanol–water partition coefficient (Wildman–Crippen LogP) is 4.96. The van der Waals surface area contributed by atoms with Crippen molar-refractivity contribution < 1.29 is 17.4 Å². The van der Waals surface area contributed by atoms with Gasteiger partial charge >= 0.3 is 10.1 Å². The van der Waals surface area contributed by atoms with E-state index < -0.39 is 16.0 Å². The van der Waals surface area contributed by atoms with E-state index in [0.717, 1.165) is 5.56 Å². The molecule has 0 radical (unpaired) electrons. The average molecular weight is 453 g/mol. The fraction of sp³-hybridized carbons (Fsp3) is 0.0435. The van der Waals surface area contributed by atoms with Crippen LogP contribution in [0.1, 0.15) is 11.1 Å². The molecule has 0 unspecified atom stereocenters. The molecule has 1 amide bonds. The lowest BCUT2D eigenvalue weighted by atomic mass is 10.1. The number of nitriles is 1. The number of benzene rings is 3. The van der Waals surface area contributed by atoms with E-state index in [1.54, 1.807) is 24.3 Å². The van der Waals surface area contributed by atoms with Crippen molar-refractivity contribution in [3.63, 3.8) is 0 Å². The van der Waals surface area contributed by atoms with Crippen molar-refractivity contribution in [1.82, 2.24) is 0 Å². The maximum Gasteiger partial charge on any atom is 0.339 e. The minimum atomic E-state index is -4.07. The number of nitrogens with zero attached hydrogens (tertiary/aromatic N) is 1. The smallest absolute Gasteiger partial charge is 0.339 e. The highest BCUT2D eigenvalue weighted by Crippen LogP contribution is 2.22. The Hall–Kier alpha value is -3.60. The summed E-state index contributed by atoms with van der Waals surface area (Å²) in [6.07, 6.45) is 1.36. The number of nitrogens with one attached hydrogen (secondary N) is 1. The van der Waals surface area contributed by atoms with Crippen molar-refractivity contribution >= 4 is 39.4 Å². The van der Waals surface area contributed by atoms with E-state index in [1.807, 2.05) is 25.1 Å². The molecule has 0 atom stereocenters. The van der Waals surface area contributed by atoms with Gasteiger partial charge in [-0.05, 0) is 66.6 Å². The monoisotopic (exact) mass is 452 g/mol. The Bertz CT molecular complexity index is 1290. The lowest BCUT2D eigenvalue weighted by molar-refractivity contribution is -0.112. The number of hydrogen-bond donors (Lipinski definition) is 1. The van der Waals surface area contributed by atoms with E-state index >= 15 is 0 Å². The van der Waals surface area contributed by atoms with E-state index in [-0.39, 0.29) is 16.2 Å². The average Bonchev–Trinajstić information content (AvgIpc) is 2.74. The lowest BCUT2D eigenvalue weighted by Crippen LogP contribution is -2.14. The first-order valence-corrected chi connectivity index (χ1v) is 10.9. The maximum absolute atomic E-state index is 12.5. The van der Waals surface area contributed by atoms with Gasteiger partial charge in [0.25, 0.3) is 5.91 Å². The zero-order valence-corrected chi connectivity index (χ0v) is 17.9. The number of rotatable bonds is 6. The van der Waals surface area contributed by atoms with Crippen molar-refractivity contribution in [2.45, 2.75) is 11.8 Å². The van der Waals surface area contributed by atoms with Crippen LogP contribution in [0.4, 0.5) is 5.69 Å². The highest BCUT2D eigenvalue weighted by Gasteiger charge is 2.17. The van der Waals surface area contributed by atoms with Gasteiger partial charge in [0.05, 0.1) is 0 Å². The molecule has 0 saturated heterocycles. The zero-order chi connectivity index (χ0) is 22.4. The topological polar surface area (TPSA) is 96.3 Å². The summed E-state index contributed by atoms with van der Waals surface area (Å²) in [7, 11) is -4.07. The molecule has 3 rings (SSSR count). The van der Waals surface area contributed by atoms with Crippen LogP contribution in [0.3, 0.4) is 0 Å². The molecule has 0 heterocycles. The van der Waals surface area contributed by atoms with E-state index in [1.165, 1.54) is 42.5 Å². The fourth-order valence-electron chi connectivity index (χ4n) is 2.65. The summed E-state index contributed by atoms with van der Waals surface area (Å²) in [6, 6.07) is 20.7. The van der Waals surface area contributed by atoms with E-state index in [0.29, 0.717) is 16.3 Å². The lowest BCUT2D eigenvalue weighted by Gasteiger charge is -2.09. The third-order valence-corrected chi connectivity index (χ3v) is 5.75. The summed E-state index contributed by atoms with van der Waals surface area (Å²) < 4.78 is 30.1. The summed E-state index contributed by atoms with van der Waals surface area (Å²) >= 11 is 5.79. The fourth-order valence-corrected chi connectivity index (χ4v) is 3.70. The number of amides is 1. The zero-order valence-electron chi connectivity index (χ0n) is 16.4. The Kier molecular flexibility index (Phi) is 6.75. The third kappa shape index (κ3) is 5.72. The van der Waals surface area contributed by atoms with Crippen molar-refractivity contribution in [1.29, 1.82) is 5.26 Å². The second-order valence-electron chi connectivity index (χ2n) is 6.50. The van der Waals surface area contributed by atoms with Gasteiger partial charge in [-0.2, -0.15) is 13.7 Å². The Morgan fingerprint density at radius 2 is 1.77 bits per heavy atom. The van der Waals surface area contributed by atoms with Gasteiger partial charge in [0.15, 0.2) is 0 Å². The molecule has 0 bridgehead atoms. The first-order chi connectivity index (χ1) is 14.8. The van der Waals surface area contributed by atoms with Gasteiger partial charge in [-0.1, -0.05) is 41.9 Å². The Morgan fingerprint density at radius 3 is 2.45 bits per heavy atom. The highest BCUT2D eigenvalue weighted by molar-refractivity contribution is 7.87. The van der Waals surface area contributed by atoms with Crippen LogP contribution < -0.4 is 9.50 Å². The van der Waals surface area contributed by atoms with Crippen LogP contribution in [0.25, 0.3) is 6.08 Å². The molecule has 0 aromatic heterocycles. The minimum absolute atomic E-state index is 0.0419. The molecule has 31 heavy (non-hydrogen) atoms. The largest absolute Gasteiger partial charge is 0.379 e. The molecule has 0 aliphatic carbocycles. The number of aryl methyl sites for hydroxylation is 1. The quantitative estimate of drug-likeness (QED) is 0.324. The van der Waals surface area contributed by atoms with Gasteiger partial charge in [-0.3, -0.25) is 4.79 Å². The predicted molar refractivity (Wildman–Crippen MR) is 119 cm³/mol. The Balaban J connectivity index is 1.82. The Labute approximate surface area is 185 Å². The van der Waals surface area contributed by atoms with Gasteiger partial charge in [-0.25, -0.2) is 0 Å². The van der Waals surface area contributed by atoms with Crippen LogP contribution in [-0.4, -0.2) is 14.3 Å². The highest BCUT2D eigenvalue weighted by atomic mass is 35.5. The van der Waals surface area contributed by atoms with Crippen molar-refractivity contribution in [2.24, 2.45) is 0 Å². The molecule has 3 aromatic carbocycles. The van der Waals surface area contributed by atoms with Crippen LogP contribution in [0.2, 0.25) is 5.02 Å². The number of halogens is 1. The minimum Gasteiger partial charge on any atom is -0.379 e. The standard InChI is InChI=1S/C23H17ClN2O4S/c1-16-5-2-3-8-22(16)26-23(27)18(15-25)13-17-6-4-7-20(14-17)30-31(28,29)21-11-9-19(24)10-12-21/h2-14H,1H3,(H,26,27)/b18-13-. The van der Waals surface area contributed by atoms with E-state index in [2.05, 4.69) is 5.32 Å². The first kappa shape index (κ1) is 22.1. The van der Waals surface area contributed by atoms with Crippen LogP contribution in [0.5, 0.6) is 5.75 Å². The molecule has 6 nitrogen and oxygen atoms in total. The van der Waals surface area contributed by atoms with Crippen molar-refractivity contribution in [2.75, 3.05) is 5.32 Å². The number of carbonyl (C=O) groups excluding carboxylic acids is 1. The summed E-state index contributed by atoms with van der Waals surface area (Å²) in [5.74, 6) is -0.530. The number of anilines is 1. The van der Waals surface area contributed by atoms with Gasteiger partial charge in [0, 0.05) is 10.7 Å². The van der Waals surface area contributed by atoms with Gasteiger partial charge in [0.1, 0.15) is 22.3 Å². The summed E-state index contributed by atoms with van der Waals surface area (Å²) in [5, 5.41) is 12.5. The molecule has 1 N–H and O–H groups in total. The molecular weight excluding hydrogens is 436 g/mol. The van der Waals surface area contributed by atoms with Crippen LogP contribution in [0.15, 0.2) is 83.3 Å². The molecule has 0 aliphatic heterocycles. The number of carbonyl (C=O) groups is 1. The van der Waals surface area contributed by atoms with Gasteiger partial charge in [0.2, 0.25) is 0 Å². The summed E-state index contributed by atoms with van der Waals surface area (Å²) in [6.45, 7) is 1.84. The molecule has 0 spiro atoms.